The molecule has 0 spiro atoms. The number of nitrogens with zero attached hydrogens (tertiary/aromatic N) is 1. The molecule has 1 saturated heterocycles. The Hall–Kier alpha value is -0.570. The highest BCUT2D eigenvalue weighted by Gasteiger charge is 2.33. The van der Waals surface area contributed by atoms with Crippen molar-refractivity contribution in [2.75, 3.05) is 13.1 Å². The van der Waals surface area contributed by atoms with Gasteiger partial charge in [-0.1, -0.05) is 25.7 Å². The van der Waals surface area contributed by atoms with E-state index in [2.05, 4.69) is 4.90 Å². The van der Waals surface area contributed by atoms with Crippen molar-refractivity contribution in [3.8, 4) is 0 Å². The van der Waals surface area contributed by atoms with Crippen LogP contribution in [0, 0.1) is 17.8 Å². The highest BCUT2D eigenvalue weighted by atomic mass is 16.3. The summed E-state index contributed by atoms with van der Waals surface area (Å²) in [5.41, 5.74) is 0. The van der Waals surface area contributed by atoms with Gasteiger partial charge < -0.3 is 10.0 Å². The number of aliphatic hydroxyl groups excluding tert-OH is 1. The van der Waals surface area contributed by atoms with Crippen molar-refractivity contribution in [2.24, 2.45) is 17.8 Å². The molecule has 0 aromatic carbocycles. The van der Waals surface area contributed by atoms with Crippen LogP contribution in [0.2, 0.25) is 0 Å². The lowest BCUT2D eigenvalue weighted by atomic mass is 9.86. The molecule has 0 aromatic heterocycles. The zero-order chi connectivity index (χ0) is 13.9. The van der Waals surface area contributed by atoms with Crippen LogP contribution in [0.4, 0.5) is 0 Å². The van der Waals surface area contributed by atoms with E-state index in [0.29, 0.717) is 5.91 Å². The monoisotopic (exact) mass is 279 g/mol. The van der Waals surface area contributed by atoms with E-state index in [0.717, 1.165) is 50.6 Å². The summed E-state index contributed by atoms with van der Waals surface area (Å²) < 4.78 is 0. The molecule has 1 heterocycles. The third-order valence-electron chi connectivity index (χ3n) is 5.78. The number of carbonyl (C=O) groups is 1. The molecule has 3 nitrogen and oxygen atoms in total. The molecule has 0 radical (unpaired) electrons. The van der Waals surface area contributed by atoms with Crippen LogP contribution in [-0.4, -0.2) is 35.1 Å². The fourth-order valence-corrected chi connectivity index (χ4v) is 4.52. The normalized spacial score (nSPS) is 35.6. The quantitative estimate of drug-likeness (QED) is 0.863. The van der Waals surface area contributed by atoms with E-state index in [1.165, 1.54) is 38.5 Å². The van der Waals surface area contributed by atoms with Gasteiger partial charge in [0.2, 0.25) is 5.91 Å². The molecule has 1 N–H and O–H groups in total. The van der Waals surface area contributed by atoms with E-state index in [1.807, 2.05) is 0 Å². The van der Waals surface area contributed by atoms with Crippen molar-refractivity contribution >= 4 is 5.91 Å². The SMILES string of the molecule is O=C(C1CCC(O)CC1)N1CC[C@@H](CC2CCCC2)C1. The van der Waals surface area contributed by atoms with Crippen LogP contribution in [0.1, 0.15) is 64.2 Å². The summed E-state index contributed by atoms with van der Waals surface area (Å²) >= 11 is 0. The fraction of sp³-hybridized carbons (Fsp3) is 0.941. The van der Waals surface area contributed by atoms with Gasteiger partial charge in [0.25, 0.3) is 0 Å². The van der Waals surface area contributed by atoms with E-state index >= 15 is 0 Å². The minimum atomic E-state index is -0.159. The summed E-state index contributed by atoms with van der Waals surface area (Å²) in [5, 5.41) is 9.55. The number of carbonyl (C=O) groups excluding carboxylic acids is 1. The van der Waals surface area contributed by atoms with Gasteiger partial charge in [-0.3, -0.25) is 4.79 Å². The Labute approximate surface area is 122 Å². The first kappa shape index (κ1) is 14.4. The van der Waals surface area contributed by atoms with Crippen molar-refractivity contribution in [3.05, 3.63) is 0 Å². The Balaban J connectivity index is 1.45. The molecule has 1 amide bonds. The van der Waals surface area contributed by atoms with Gasteiger partial charge in [-0.05, 0) is 50.4 Å². The summed E-state index contributed by atoms with van der Waals surface area (Å²) in [6, 6.07) is 0. The Morgan fingerprint density at radius 1 is 0.950 bits per heavy atom. The fourth-order valence-electron chi connectivity index (χ4n) is 4.52. The number of aliphatic hydroxyl groups is 1. The first-order valence-corrected chi connectivity index (χ1v) is 8.69. The second kappa shape index (κ2) is 6.46. The van der Waals surface area contributed by atoms with Gasteiger partial charge in [0.15, 0.2) is 0 Å². The highest BCUT2D eigenvalue weighted by molar-refractivity contribution is 5.79. The Morgan fingerprint density at radius 3 is 2.35 bits per heavy atom. The van der Waals surface area contributed by atoms with Crippen LogP contribution >= 0.6 is 0 Å². The molecular formula is C17H29NO2. The van der Waals surface area contributed by atoms with E-state index < -0.39 is 0 Å². The van der Waals surface area contributed by atoms with Crippen LogP contribution < -0.4 is 0 Å². The minimum Gasteiger partial charge on any atom is -0.393 e. The van der Waals surface area contributed by atoms with Crippen LogP contribution in [0.25, 0.3) is 0 Å². The molecule has 0 bridgehead atoms. The first-order valence-electron chi connectivity index (χ1n) is 8.69. The maximum Gasteiger partial charge on any atom is 0.225 e. The van der Waals surface area contributed by atoms with Gasteiger partial charge in [-0.15, -0.1) is 0 Å². The minimum absolute atomic E-state index is 0.159. The lowest BCUT2D eigenvalue weighted by molar-refractivity contribution is -0.136. The molecule has 3 heteroatoms. The number of hydrogen-bond donors (Lipinski definition) is 1. The van der Waals surface area contributed by atoms with Crippen molar-refractivity contribution in [1.82, 2.24) is 4.90 Å². The van der Waals surface area contributed by atoms with Crippen molar-refractivity contribution in [2.45, 2.75) is 70.3 Å². The van der Waals surface area contributed by atoms with Crippen molar-refractivity contribution < 1.29 is 9.90 Å². The highest BCUT2D eigenvalue weighted by Crippen LogP contribution is 2.34. The second-order valence-electron chi connectivity index (χ2n) is 7.33. The molecular weight excluding hydrogens is 250 g/mol. The summed E-state index contributed by atoms with van der Waals surface area (Å²) in [6.07, 6.45) is 11.5. The van der Waals surface area contributed by atoms with Crippen molar-refractivity contribution in [3.63, 3.8) is 0 Å². The van der Waals surface area contributed by atoms with Crippen LogP contribution in [0.5, 0.6) is 0 Å². The topological polar surface area (TPSA) is 40.5 Å². The third kappa shape index (κ3) is 3.36. The molecule has 1 aliphatic heterocycles. The van der Waals surface area contributed by atoms with Crippen molar-refractivity contribution in [1.29, 1.82) is 0 Å². The predicted octanol–water partition coefficient (Wildman–Crippen LogP) is 2.97. The number of amides is 1. The van der Waals surface area contributed by atoms with Gasteiger partial charge in [-0.25, -0.2) is 0 Å². The van der Waals surface area contributed by atoms with E-state index in [9.17, 15) is 9.90 Å². The summed E-state index contributed by atoms with van der Waals surface area (Å²) in [5.74, 6) is 2.28. The molecule has 20 heavy (non-hydrogen) atoms. The number of hydrogen-bond acceptors (Lipinski definition) is 2. The number of likely N-dealkylation sites (tertiary alicyclic amines) is 1. The summed E-state index contributed by atoms with van der Waals surface area (Å²) in [7, 11) is 0. The number of rotatable bonds is 3. The Morgan fingerprint density at radius 2 is 1.65 bits per heavy atom. The van der Waals surface area contributed by atoms with E-state index in [-0.39, 0.29) is 12.0 Å². The van der Waals surface area contributed by atoms with Gasteiger partial charge in [0.05, 0.1) is 6.10 Å². The lowest BCUT2D eigenvalue weighted by Gasteiger charge is -2.28. The zero-order valence-electron chi connectivity index (χ0n) is 12.6. The molecule has 3 fully saturated rings. The maximum absolute atomic E-state index is 12.5. The Kier molecular flexibility index (Phi) is 4.65. The largest absolute Gasteiger partial charge is 0.393 e. The molecule has 2 saturated carbocycles. The molecule has 0 aromatic rings. The van der Waals surface area contributed by atoms with E-state index in [4.69, 9.17) is 0 Å². The third-order valence-corrected chi connectivity index (χ3v) is 5.78. The lowest BCUT2D eigenvalue weighted by Crippen LogP contribution is -2.37. The second-order valence-corrected chi connectivity index (χ2v) is 7.33. The summed E-state index contributed by atoms with van der Waals surface area (Å²) in [6.45, 7) is 1.99. The molecule has 0 unspecified atom stereocenters. The molecule has 2 aliphatic carbocycles. The average molecular weight is 279 g/mol. The maximum atomic E-state index is 12.5. The predicted molar refractivity (Wildman–Crippen MR) is 79.2 cm³/mol. The van der Waals surface area contributed by atoms with Gasteiger partial charge in [0, 0.05) is 19.0 Å². The van der Waals surface area contributed by atoms with Gasteiger partial charge in [-0.2, -0.15) is 0 Å². The average Bonchev–Trinajstić information content (AvgIpc) is 3.11. The molecule has 3 aliphatic rings. The van der Waals surface area contributed by atoms with E-state index in [1.54, 1.807) is 0 Å². The van der Waals surface area contributed by atoms with Crippen LogP contribution in [0.3, 0.4) is 0 Å². The van der Waals surface area contributed by atoms with Gasteiger partial charge in [0.1, 0.15) is 0 Å². The first-order chi connectivity index (χ1) is 9.72. The molecule has 114 valence electrons. The van der Waals surface area contributed by atoms with Gasteiger partial charge >= 0.3 is 0 Å². The summed E-state index contributed by atoms with van der Waals surface area (Å²) in [4.78, 5) is 14.7. The zero-order valence-corrected chi connectivity index (χ0v) is 12.6. The van der Waals surface area contributed by atoms with Crippen LogP contribution in [-0.2, 0) is 4.79 Å². The standard InChI is InChI=1S/C17H29NO2/c19-16-7-5-15(6-8-16)17(20)18-10-9-14(12-18)11-13-3-1-2-4-13/h13-16,19H,1-12H2/t14-,15?,16?/m0/s1. The van der Waals surface area contributed by atoms with Crippen LogP contribution in [0.15, 0.2) is 0 Å². The molecule has 3 rings (SSSR count). The Bertz CT molecular complexity index is 330. The smallest absolute Gasteiger partial charge is 0.225 e. The molecule has 1 atom stereocenters.